The topological polar surface area (TPSA) is 44.8 Å². The van der Waals surface area contributed by atoms with Crippen molar-refractivity contribution in [2.75, 3.05) is 13.7 Å². The molecular formula is C19H26O4. The molecule has 1 aromatic rings. The second-order valence-corrected chi connectivity index (χ2v) is 6.23. The molecule has 126 valence electrons. The molecular weight excluding hydrogens is 292 g/mol. The number of fused-ring (bicyclic) bond motifs is 1. The van der Waals surface area contributed by atoms with Crippen LogP contribution in [-0.4, -0.2) is 25.8 Å². The lowest BCUT2D eigenvalue weighted by Crippen LogP contribution is -2.40. The van der Waals surface area contributed by atoms with Gasteiger partial charge in [0.1, 0.15) is 0 Å². The first kappa shape index (κ1) is 17.4. The monoisotopic (exact) mass is 318 g/mol. The molecule has 0 saturated carbocycles. The van der Waals surface area contributed by atoms with E-state index in [1.54, 1.807) is 14.0 Å². The van der Waals surface area contributed by atoms with Gasteiger partial charge in [-0.1, -0.05) is 39.0 Å². The van der Waals surface area contributed by atoms with E-state index in [4.69, 9.17) is 14.2 Å². The number of ether oxygens (including phenoxy) is 3. The lowest BCUT2D eigenvalue weighted by molar-refractivity contribution is -0.153. The Labute approximate surface area is 138 Å². The number of hydrogen-bond acceptors (Lipinski definition) is 4. The summed E-state index contributed by atoms with van der Waals surface area (Å²) in [6.07, 6.45) is 1.18. The Morgan fingerprint density at radius 3 is 2.74 bits per heavy atom. The van der Waals surface area contributed by atoms with Crippen molar-refractivity contribution in [1.29, 1.82) is 0 Å². The van der Waals surface area contributed by atoms with Crippen molar-refractivity contribution in [3.8, 4) is 11.5 Å². The van der Waals surface area contributed by atoms with E-state index in [1.165, 1.54) is 0 Å². The summed E-state index contributed by atoms with van der Waals surface area (Å²) in [5, 5.41) is 0. The number of carbonyl (C=O) groups excluding carboxylic acids is 1. The van der Waals surface area contributed by atoms with E-state index in [2.05, 4.69) is 20.4 Å². The number of carbonyl (C=O) groups is 1. The second kappa shape index (κ2) is 7.53. The Balaban J connectivity index is 2.38. The van der Waals surface area contributed by atoms with E-state index in [9.17, 15) is 4.79 Å². The van der Waals surface area contributed by atoms with Crippen LogP contribution in [-0.2, 0) is 9.53 Å². The molecule has 0 radical (unpaired) electrons. The highest BCUT2D eigenvalue weighted by Gasteiger charge is 2.39. The van der Waals surface area contributed by atoms with Gasteiger partial charge in [-0.3, -0.25) is 0 Å². The van der Waals surface area contributed by atoms with E-state index in [-0.39, 0.29) is 11.9 Å². The molecule has 0 N–H and O–H groups in total. The fraction of sp³-hybridized carbons (Fsp3) is 0.526. The Hall–Kier alpha value is -1.97. The van der Waals surface area contributed by atoms with Crippen molar-refractivity contribution in [2.24, 2.45) is 11.8 Å². The predicted molar refractivity (Wildman–Crippen MR) is 90.6 cm³/mol. The number of para-hydroxylation sites is 1. The van der Waals surface area contributed by atoms with E-state index >= 15 is 0 Å². The number of hydrogen-bond donors (Lipinski definition) is 0. The maximum absolute atomic E-state index is 12.4. The molecule has 1 heterocycles. The molecule has 1 aromatic carbocycles. The van der Waals surface area contributed by atoms with E-state index < -0.39 is 6.10 Å². The van der Waals surface area contributed by atoms with Crippen LogP contribution >= 0.6 is 0 Å². The van der Waals surface area contributed by atoms with Crippen LogP contribution in [0.1, 0.15) is 39.2 Å². The molecule has 4 heteroatoms. The van der Waals surface area contributed by atoms with Gasteiger partial charge in [0.2, 0.25) is 6.10 Å². The summed E-state index contributed by atoms with van der Waals surface area (Å²) in [6.45, 7) is 10.7. The highest BCUT2D eigenvalue weighted by Crippen LogP contribution is 2.45. The average molecular weight is 318 g/mol. The van der Waals surface area contributed by atoms with Crippen molar-refractivity contribution in [3.05, 3.63) is 30.3 Å². The molecule has 2 rings (SSSR count). The van der Waals surface area contributed by atoms with Gasteiger partial charge in [-0.2, -0.15) is 0 Å². The van der Waals surface area contributed by atoms with Crippen LogP contribution in [0.2, 0.25) is 0 Å². The van der Waals surface area contributed by atoms with Crippen LogP contribution in [0.15, 0.2) is 24.8 Å². The van der Waals surface area contributed by atoms with Crippen LogP contribution in [0, 0.1) is 11.8 Å². The number of rotatable bonds is 6. The van der Waals surface area contributed by atoms with E-state index in [1.807, 2.05) is 18.2 Å². The van der Waals surface area contributed by atoms with Gasteiger partial charge in [-0.25, -0.2) is 4.79 Å². The smallest absolute Gasteiger partial charge is 0.347 e. The highest BCUT2D eigenvalue weighted by atomic mass is 16.6. The quantitative estimate of drug-likeness (QED) is 0.741. The van der Waals surface area contributed by atoms with Gasteiger partial charge in [-0.15, -0.1) is 0 Å². The molecule has 2 atom stereocenters. The zero-order valence-electron chi connectivity index (χ0n) is 14.4. The minimum absolute atomic E-state index is 0.0731. The molecule has 1 aliphatic heterocycles. The van der Waals surface area contributed by atoms with Gasteiger partial charge >= 0.3 is 5.97 Å². The van der Waals surface area contributed by atoms with Gasteiger partial charge in [0.25, 0.3) is 0 Å². The standard InChI is InChI=1S/C19H26O4/c1-6-22-19(20)18-15(11-10-12(2)3)13(4)14-8-7-9-16(21-5)17(14)23-18/h7-9,12,15,18H,4,6,10-11H2,1-3,5H3/t15-,18-/m0/s1. The van der Waals surface area contributed by atoms with Crippen LogP contribution in [0.4, 0.5) is 0 Å². The molecule has 0 amide bonds. The minimum Gasteiger partial charge on any atom is -0.493 e. The summed E-state index contributed by atoms with van der Waals surface area (Å²) in [5.74, 6) is 1.34. The Morgan fingerprint density at radius 2 is 2.13 bits per heavy atom. The summed E-state index contributed by atoms with van der Waals surface area (Å²) in [6, 6.07) is 5.70. The summed E-state index contributed by atoms with van der Waals surface area (Å²) >= 11 is 0. The molecule has 23 heavy (non-hydrogen) atoms. The third kappa shape index (κ3) is 3.69. The van der Waals surface area contributed by atoms with E-state index in [0.29, 0.717) is 24.0 Å². The maximum atomic E-state index is 12.4. The maximum Gasteiger partial charge on any atom is 0.347 e. The number of benzene rings is 1. The first-order chi connectivity index (χ1) is 11.0. The third-order valence-corrected chi connectivity index (χ3v) is 4.18. The summed E-state index contributed by atoms with van der Waals surface area (Å²) in [5.41, 5.74) is 1.84. The van der Waals surface area contributed by atoms with Crippen LogP contribution in [0.25, 0.3) is 5.57 Å². The molecule has 0 spiro atoms. The Morgan fingerprint density at radius 1 is 1.39 bits per heavy atom. The largest absolute Gasteiger partial charge is 0.493 e. The lowest BCUT2D eigenvalue weighted by Gasteiger charge is -2.34. The highest BCUT2D eigenvalue weighted by molar-refractivity contribution is 5.84. The van der Waals surface area contributed by atoms with Gasteiger partial charge < -0.3 is 14.2 Å². The lowest BCUT2D eigenvalue weighted by atomic mass is 9.81. The molecule has 0 saturated heterocycles. The molecule has 4 nitrogen and oxygen atoms in total. The van der Waals surface area contributed by atoms with Crippen molar-refractivity contribution in [1.82, 2.24) is 0 Å². The Kier molecular flexibility index (Phi) is 5.69. The van der Waals surface area contributed by atoms with Gasteiger partial charge in [0, 0.05) is 11.5 Å². The van der Waals surface area contributed by atoms with Gasteiger partial charge in [-0.05, 0) is 30.9 Å². The Bertz CT molecular complexity index is 577. The molecule has 0 unspecified atom stereocenters. The van der Waals surface area contributed by atoms with E-state index in [0.717, 1.165) is 24.0 Å². The van der Waals surface area contributed by atoms with Crippen LogP contribution in [0.5, 0.6) is 11.5 Å². The minimum atomic E-state index is -0.662. The zero-order valence-corrected chi connectivity index (χ0v) is 14.4. The van der Waals surface area contributed by atoms with Crippen LogP contribution < -0.4 is 9.47 Å². The normalized spacial score (nSPS) is 20.0. The first-order valence-electron chi connectivity index (χ1n) is 8.19. The SMILES string of the molecule is C=C1c2cccc(OC)c2O[C@H](C(=O)OCC)[C@H]1CCC(C)C. The summed E-state index contributed by atoms with van der Waals surface area (Å²) < 4.78 is 16.6. The van der Waals surface area contributed by atoms with Crippen molar-refractivity contribution < 1.29 is 19.0 Å². The van der Waals surface area contributed by atoms with Crippen molar-refractivity contribution in [3.63, 3.8) is 0 Å². The molecule has 1 aliphatic rings. The van der Waals surface area contributed by atoms with Crippen LogP contribution in [0.3, 0.4) is 0 Å². The zero-order chi connectivity index (χ0) is 17.0. The first-order valence-corrected chi connectivity index (χ1v) is 8.19. The average Bonchev–Trinajstić information content (AvgIpc) is 2.53. The van der Waals surface area contributed by atoms with Gasteiger partial charge in [0.05, 0.1) is 13.7 Å². The predicted octanol–water partition coefficient (Wildman–Crippen LogP) is 4.08. The summed E-state index contributed by atoms with van der Waals surface area (Å²) in [4.78, 5) is 12.4. The fourth-order valence-electron chi connectivity index (χ4n) is 2.92. The van der Waals surface area contributed by atoms with Crippen molar-refractivity contribution in [2.45, 2.75) is 39.7 Å². The third-order valence-electron chi connectivity index (χ3n) is 4.18. The van der Waals surface area contributed by atoms with Gasteiger partial charge in [0.15, 0.2) is 11.5 Å². The summed E-state index contributed by atoms with van der Waals surface area (Å²) in [7, 11) is 1.59. The molecule has 0 bridgehead atoms. The molecule has 0 fully saturated rings. The number of methoxy groups -OCH3 is 1. The molecule has 0 aliphatic carbocycles. The fourth-order valence-corrected chi connectivity index (χ4v) is 2.92. The second-order valence-electron chi connectivity index (χ2n) is 6.23. The number of esters is 1. The molecule has 0 aromatic heterocycles. The van der Waals surface area contributed by atoms with Crippen molar-refractivity contribution >= 4 is 11.5 Å².